The maximum Gasteiger partial charge on any atom is 0.307 e. The second kappa shape index (κ2) is 5.23. The van der Waals surface area contributed by atoms with E-state index in [-0.39, 0.29) is 23.6 Å². The van der Waals surface area contributed by atoms with Crippen molar-refractivity contribution in [2.45, 2.75) is 32.6 Å². The first-order valence-electron chi connectivity index (χ1n) is 7.19. The quantitative estimate of drug-likeness (QED) is 0.723. The van der Waals surface area contributed by atoms with Gasteiger partial charge in [-0.05, 0) is 25.7 Å². The molecule has 3 aliphatic rings. The van der Waals surface area contributed by atoms with Crippen LogP contribution in [0.2, 0.25) is 0 Å². The van der Waals surface area contributed by atoms with Crippen LogP contribution < -0.4 is 0 Å². The van der Waals surface area contributed by atoms with Crippen LogP contribution in [0.4, 0.5) is 0 Å². The molecule has 0 aromatic heterocycles. The van der Waals surface area contributed by atoms with Crippen molar-refractivity contribution >= 4 is 11.8 Å². The molecule has 2 unspecified atom stereocenters. The molecule has 2 atom stereocenters. The van der Waals surface area contributed by atoms with E-state index < -0.39 is 0 Å². The summed E-state index contributed by atoms with van der Waals surface area (Å²) in [4.78, 5) is 24.0. The van der Waals surface area contributed by atoms with Gasteiger partial charge in [-0.2, -0.15) is 0 Å². The smallest absolute Gasteiger partial charge is 0.307 e. The molecule has 104 valence electrons. The highest BCUT2D eigenvalue weighted by Crippen LogP contribution is 2.44. The molecule has 0 aromatic rings. The summed E-state index contributed by atoms with van der Waals surface area (Å²) in [7, 11) is 0. The van der Waals surface area contributed by atoms with Crippen LogP contribution in [0.1, 0.15) is 32.6 Å². The van der Waals surface area contributed by atoms with Crippen LogP contribution in [0.15, 0.2) is 47.3 Å². The Morgan fingerprint density at radius 1 is 1.35 bits per heavy atom. The Morgan fingerprint density at radius 3 is 2.90 bits per heavy atom. The Hall–Kier alpha value is -1.90. The number of fused-ring (bicyclic) bond motifs is 1. The van der Waals surface area contributed by atoms with Crippen molar-refractivity contribution in [2.24, 2.45) is 11.8 Å². The second-order valence-corrected chi connectivity index (χ2v) is 5.50. The highest BCUT2D eigenvalue weighted by molar-refractivity contribution is 6.13. The summed E-state index contributed by atoms with van der Waals surface area (Å²) in [6.07, 6.45) is 13.7. The van der Waals surface area contributed by atoms with Crippen molar-refractivity contribution in [1.29, 1.82) is 0 Å². The number of carbonyl (C=O) groups is 2. The third kappa shape index (κ3) is 2.17. The lowest BCUT2D eigenvalue weighted by Gasteiger charge is -2.19. The number of Topliss-reactive ketones (excluding diaryl/α,β-unsaturated/α-hetero) is 1. The summed E-state index contributed by atoms with van der Waals surface area (Å²) in [6.45, 7) is 1.40. The van der Waals surface area contributed by atoms with E-state index in [2.05, 4.69) is 0 Å². The standard InChI is InChI=1S/C17H18O3/c1-11(18)20-17-14-10-6-5-9-13(14)16(19)15(17)12-7-3-2-4-8-12/h2-4,7,9,12,14H,5-6,8,10H2,1H3. The average molecular weight is 270 g/mol. The second-order valence-electron chi connectivity index (χ2n) is 5.50. The number of ether oxygens (including phenoxy) is 1. The summed E-state index contributed by atoms with van der Waals surface area (Å²) in [5, 5.41) is 0. The fourth-order valence-electron chi connectivity index (χ4n) is 3.28. The summed E-state index contributed by atoms with van der Waals surface area (Å²) in [5.74, 6) is 0.379. The highest BCUT2D eigenvalue weighted by atomic mass is 16.5. The monoisotopic (exact) mass is 270 g/mol. The third-order valence-corrected chi connectivity index (χ3v) is 4.13. The molecule has 3 heteroatoms. The Bertz CT molecular complexity index is 575. The average Bonchev–Trinajstić information content (AvgIpc) is 2.73. The molecule has 0 heterocycles. The summed E-state index contributed by atoms with van der Waals surface area (Å²) >= 11 is 0. The predicted molar refractivity (Wildman–Crippen MR) is 75.6 cm³/mol. The predicted octanol–water partition coefficient (Wildman–Crippen LogP) is 3.25. The Balaban J connectivity index is 2.03. The van der Waals surface area contributed by atoms with Crippen LogP contribution in [-0.4, -0.2) is 11.8 Å². The Labute approximate surface area is 118 Å². The van der Waals surface area contributed by atoms with Gasteiger partial charge in [0, 0.05) is 29.9 Å². The zero-order chi connectivity index (χ0) is 14.1. The van der Waals surface area contributed by atoms with Gasteiger partial charge in [-0.1, -0.05) is 30.4 Å². The maximum absolute atomic E-state index is 12.7. The molecule has 0 fully saturated rings. The lowest BCUT2D eigenvalue weighted by Crippen LogP contribution is -2.12. The summed E-state index contributed by atoms with van der Waals surface area (Å²) in [6, 6.07) is 0. The van der Waals surface area contributed by atoms with Gasteiger partial charge in [-0.15, -0.1) is 0 Å². The maximum atomic E-state index is 12.7. The number of esters is 1. The van der Waals surface area contributed by atoms with E-state index in [9.17, 15) is 9.59 Å². The number of hydrogen-bond acceptors (Lipinski definition) is 3. The molecule has 3 rings (SSSR count). The van der Waals surface area contributed by atoms with Crippen LogP contribution in [-0.2, 0) is 14.3 Å². The van der Waals surface area contributed by atoms with E-state index in [4.69, 9.17) is 4.74 Å². The third-order valence-electron chi connectivity index (χ3n) is 4.13. The SMILES string of the molecule is CC(=O)OC1=C(C2C=CC=CC2)C(=O)C2=CCCCC21. The molecule has 0 spiro atoms. The fraction of sp³-hybridized carbons (Fsp3) is 0.412. The minimum absolute atomic E-state index is 0.00513. The largest absolute Gasteiger partial charge is 0.430 e. The number of allylic oxidation sites excluding steroid dienone is 7. The van der Waals surface area contributed by atoms with E-state index in [1.807, 2.05) is 30.4 Å². The number of rotatable bonds is 2. The molecular formula is C17H18O3. The van der Waals surface area contributed by atoms with Gasteiger partial charge in [0.15, 0.2) is 5.78 Å². The van der Waals surface area contributed by atoms with Crippen molar-refractivity contribution in [2.75, 3.05) is 0 Å². The van der Waals surface area contributed by atoms with Crippen molar-refractivity contribution in [1.82, 2.24) is 0 Å². The Morgan fingerprint density at radius 2 is 2.20 bits per heavy atom. The first-order chi connectivity index (χ1) is 9.68. The van der Waals surface area contributed by atoms with Crippen molar-refractivity contribution in [3.05, 3.63) is 47.3 Å². The molecule has 0 aliphatic heterocycles. The number of ketones is 1. The molecule has 0 amide bonds. The van der Waals surface area contributed by atoms with Gasteiger partial charge >= 0.3 is 5.97 Å². The minimum atomic E-state index is -0.340. The van der Waals surface area contributed by atoms with Gasteiger partial charge in [0.2, 0.25) is 0 Å². The first kappa shape index (κ1) is 13.1. The van der Waals surface area contributed by atoms with Crippen molar-refractivity contribution in [3.63, 3.8) is 0 Å². The van der Waals surface area contributed by atoms with Crippen LogP contribution >= 0.6 is 0 Å². The van der Waals surface area contributed by atoms with Crippen LogP contribution in [0.5, 0.6) is 0 Å². The van der Waals surface area contributed by atoms with Gasteiger partial charge in [0.05, 0.1) is 0 Å². The van der Waals surface area contributed by atoms with Gasteiger partial charge in [0.25, 0.3) is 0 Å². The first-order valence-corrected chi connectivity index (χ1v) is 7.19. The van der Waals surface area contributed by atoms with Gasteiger partial charge < -0.3 is 4.74 Å². The molecular weight excluding hydrogens is 252 g/mol. The van der Waals surface area contributed by atoms with E-state index in [1.165, 1.54) is 6.92 Å². The molecule has 0 aromatic carbocycles. The topological polar surface area (TPSA) is 43.4 Å². The van der Waals surface area contributed by atoms with E-state index in [0.29, 0.717) is 11.3 Å². The Kier molecular flexibility index (Phi) is 3.43. The van der Waals surface area contributed by atoms with Crippen molar-refractivity contribution in [3.8, 4) is 0 Å². The summed E-state index contributed by atoms with van der Waals surface area (Å²) < 4.78 is 5.44. The molecule has 0 saturated carbocycles. The molecule has 0 bridgehead atoms. The number of hydrogen-bond donors (Lipinski definition) is 0. The fourth-order valence-corrected chi connectivity index (χ4v) is 3.28. The lowest BCUT2D eigenvalue weighted by atomic mass is 9.88. The van der Waals surface area contributed by atoms with Crippen LogP contribution in [0.3, 0.4) is 0 Å². The van der Waals surface area contributed by atoms with Gasteiger partial charge in [-0.3, -0.25) is 9.59 Å². The molecule has 0 radical (unpaired) electrons. The molecule has 3 aliphatic carbocycles. The zero-order valence-corrected chi connectivity index (χ0v) is 11.6. The number of carbonyl (C=O) groups excluding carboxylic acids is 2. The molecule has 3 nitrogen and oxygen atoms in total. The molecule has 0 N–H and O–H groups in total. The van der Waals surface area contributed by atoms with E-state index >= 15 is 0 Å². The van der Waals surface area contributed by atoms with Crippen LogP contribution in [0, 0.1) is 11.8 Å². The highest BCUT2D eigenvalue weighted by Gasteiger charge is 2.42. The van der Waals surface area contributed by atoms with E-state index in [0.717, 1.165) is 31.3 Å². The van der Waals surface area contributed by atoms with Crippen LogP contribution in [0.25, 0.3) is 0 Å². The molecule has 0 saturated heterocycles. The normalized spacial score (nSPS) is 28.4. The lowest BCUT2D eigenvalue weighted by molar-refractivity contribution is -0.137. The molecule has 20 heavy (non-hydrogen) atoms. The van der Waals surface area contributed by atoms with Gasteiger partial charge in [0.1, 0.15) is 5.76 Å². The van der Waals surface area contributed by atoms with Gasteiger partial charge in [-0.25, -0.2) is 0 Å². The van der Waals surface area contributed by atoms with Crippen molar-refractivity contribution < 1.29 is 14.3 Å². The van der Waals surface area contributed by atoms with E-state index in [1.54, 1.807) is 0 Å². The zero-order valence-electron chi connectivity index (χ0n) is 11.6. The minimum Gasteiger partial charge on any atom is -0.430 e. The summed E-state index contributed by atoms with van der Waals surface area (Å²) in [5.41, 5.74) is 1.53.